The van der Waals surface area contributed by atoms with Crippen molar-refractivity contribution in [1.29, 1.82) is 0 Å². The molecule has 0 aliphatic carbocycles. The van der Waals surface area contributed by atoms with Gasteiger partial charge < -0.3 is 9.84 Å². The number of benzene rings is 2. The average molecular weight is 413 g/mol. The van der Waals surface area contributed by atoms with E-state index >= 15 is 0 Å². The van der Waals surface area contributed by atoms with Crippen LogP contribution in [0.1, 0.15) is 29.6 Å². The number of aromatic nitrogens is 3. The Morgan fingerprint density at radius 2 is 1.77 bits per heavy atom. The minimum atomic E-state index is -0.150. The van der Waals surface area contributed by atoms with Crippen molar-refractivity contribution >= 4 is 23.1 Å². The van der Waals surface area contributed by atoms with Gasteiger partial charge in [-0.15, -0.1) is 0 Å². The van der Waals surface area contributed by atoms with Crippen LogP contribution in [0.5, 0.6) is 11.5 Å². The molecule has 0 unspecified atom stereocenters. The monoisotopic (exact) mass is 413 g/mol. The Morgan fingerprint density at radius 1 is 1.03 bits per heavy atom. The third-order valence-electron chi connectivity index (χ3n) is 5.07. The maximum absolute atomic E-state index is 13.5. The zero-order valence-corrected chi connectivity index (χ0v) is 17.7. The number of hydrogen-bond acceptors (Lipinski definition) is 5. The third-order valence-corrected chi connectivity index (χ3v) is 5.07. The maximum Gasteiger partial charge on any atom is 0.266 e. The van der Waals surface area contributed by atoms with Crippen molar-refractivity contribution in [2.75, 3.05) is 6.61 Å². The van der Waals surface area contributed by atoms with Crippen LogP contribution >= 0.6 is 0 Å². The number of fused-ring (bicyclic) bond motifs is 1. The molecule has 0 radical (unpaired) electrons. The van der Waals surface area contributed by atoms with Crippen LogP contribution < -0.4 is 10.3 Å². The molecule has 1 N–H and O–H groups in total. The Balaban J connectivity index is 1.95. The predicted octanol–water partition coefficient (Wildman–Crippen LogP) is 4.67. The summed E-state index contributed by atoms with van der Waals surface area (Å²) in [7, 11) is 0. The van der Waals surface area contributed by atoms with Crippen LogP contribution in [-0.4, -0.2) is 26.2 Å². The molecule has 0 atom stereocenters. The van der Waals surface area contributed by atoms with Gasteiger partial charge in [0, 0.05) is 12.3 Å². The first-order valence-corrected chi connectivity index (χ1v) is 10.1. The fraction of sp³-hybridized carbons (Fsp3) is 0.160. The maximum atomic E-state index is 13.5. The van der Waals surface area contributed by atoms with Crippen LogP contribution in [0.2, 0.25) is 0 Å². The standard InChI is InChI=1S/C25H23N3O3/c1-4-31-21-14-15-26-20(24(21)29)12-13-22-27-19-11-6-5-10-18(19)25(30)28(22)23-16(2)8-7-9-17(23)3/h5-15,29H,4H2,1-3H3/b13-12+. The zero-order chi connectivity index (χ0) is 22.0. The van der Waals surface area contributed by atoms with E-state index in [0.717, 1.165) is 16.8 Å². The third kappa shape index (κ3) is 3.80. The molecule has 2 heterocycles. The number of ether oxygens (including phenoxy) is 1. The molecule has 0 amide bonds. The summed E-state index contributed by atoms with van der Waals surface area (Å²) in [6.07, 6.45) is 4.90. The minimum Gasteiger partial charge on any atom is -0.503 e. The van der Waals surface area contributed by atoms with Crippen molar-refractivity contribution in [3.63, 3.8) is 0 Å². The van der Waals surface area contributed by atoms with E-state index in [1.807, 2.05) is 57.2 Å². The van der Waals surface area contributed by atoms with E-state index < -0.39 is 0 Å². The molecule has 6 heteroatoms. The van der Waals surface area contributed by atoms with E-state index in [-0.39, 0.29) is 11.3 Å². The van der Waals surface area contributed by atoms with Crippen molar-refractivity contribution in [3.8, 4) is 17.2 Å². The van der Waals surface area contributed by atoms with E-state index in [1.165, 1.54) is 0 Å². The Hall–Kier alpha value is -3.93. The van der Waals surface area contributed by atoms with Gasteiger partial charge in [-0.25, -0.2) is 4.98 Å². The number of nitrogens with zero attached hydrogens (tertiary/aromatic N) is 3. The first kappa shape index (κ1) is 20.3. The highest BCUT2D eigenvalue weighted by atomic mass is 16.5. The molecule has 4 rings (SSSR count). The highest BCUT2D eigenvalue weighted by molar-refractivity contribution is 5.80. The molecule has 0 saturated carbocycles. The molecule has 0 aliphatic rings. The van der Waals surface area contributed by atoms with Crippen LogP contribution in [0.25, 0.3) is 28.7 Å². The number of hydrogen-bond donors (Lipinski definition) is 1. The average Bonchev–Trinajstić information content (AvgIpc) is 2.76. The Labute approximate surface area is 180 Å². The second kappa shape index (κ2) is 8.44. The molecule has 156 valence electrons. The normalized spacial score (nSPS) is 11.3. The van der Waals surface area contributed by atoms with E-state index in [2.05, 4.69) is 4.98 Å². The highest BCUT2D eigenvalue weighted by Gasteiger charge is 2.15. The predicted molar refractivity (Wildman–Crippen MR) is 123 cm³/mol. The van der Waals surface area contributed by atoms with Crippen LogP contribution in [-0.2, 0) is 0 Å². The lowest BCUT2D eigenvalue weighted by Crippen LogP contribution is -2.23. The molecule has 31 heavy (non-hydrogen) atoms. The molecule has 4 aromatic rings. The van der Waals surface area contributed by atoms with Crippen molar-refractivity contribution in [2.24, 2.45) is 0 Å². The fourth-order valence-electron chi connectivity index (χ4n) is 3.64. The molecule has 2 aromatic carbocycles. The topological polar surface area (TPSA) is 77.2 Å². The molecule has 6 nitrogen and oxygen atoms in total. The van der Waals surface area contributed by atoms with Crippen molar-refractivity contribution in [1.82, 2.24) is 14.5 Å². The van der Waals surface area contributed by atoms with Crippen molar-refractivity contribution in [3.05, 3.63) is 87.7 Å². The quantitative estimate of drug-likeness (QED) is 0.514. The van der Waals surface area contributed by atoms with Gasteiger partial charge in [-0.1, -0.05) is 30.3 Å². The Morgan fingerprint density at radius 3 is 2.52 bits per heavy atom. The second-order valence-electron chi connectivity index (χ2n) is 7.18. The van der Waals surface area contributed by atoms with Gasteiger partial charge in [0.2, 0.25) is 0 Å². The first-order chi connectivity index (χ1) is 15.0. The van der Waals surface area contributed by atoms with E-state index in [4.69, 9.17) is 9.72 Å². The molecule has 0 aliphatic heterocycles. The lowest BCUT2D eigenvalue weighted by atomic mass is 10.1. The van der Waals surface area contributed by atoms with Crippen LogP contribution in [0, 0.1) is 13.8 Å². The molecule has 0 spiro atoms. The second-order valence-corrected chi connectivity index (χ2v) is 7.18. The van der Waals surface area contributed by atoms with Crippen LogP contribution in [0.15, 0.2) is 59.5 Å². The first-order valence-electron chi connectivity index (χ1n) is 10.1. The molecule has 0 saturated heterocycles. The number of para-hydroxylation sites is 2. The molecular weight excluding hydrogens is 390 g/mol. The summed E-state index contributed by atoms with van der Waals surface area (Å²) in [5.74, 6) is 0.752. The molecule has 0 fully saturated rings. The largest absolute Gasteiger partial charge is 0.503 e. The highest BCUT2D eigenvalue weighted by Crippen LogP contribution is 2.29. The van der Waals surface area contributed by atoms with Crippen LogP contribution in [0.4, 0.5) is 0 Å². The fourth-order valence-corrected chi connectivity index (χ4v) is 3.64. The lowest BCUT2D eigenvalue weighted by Gasteiger charge is -2.16. The van der Waals surface area contributed by atoms with Gasteiger partial charge in [0.05, 0.1) is 23.2 Å². The Bertz CT molecular complexity index is 1340. The summed E-state index contributed by atoms with van der Waals surface area (Å²) in [4.78, 5) is 22.4. The SMILES string of the molecule is CCOc1ccnc(/C=C/c2nc3ccccc3c(=O)n2-c2c(C)cccc2C)c1O. The van der Waals surface area contributed by atoms with Gasteiger partial charge in [-0.05, 0) is 56.2 Å². The van der Waals surface area contributed by atoms with Gasteiger partial charge in [0.15, 0.2) is 11.5 Å². The van der Waals surface area contributed by atoms with E-state index in [1.54, 1.807) is 35.0 Å². The Kier molecular flexibility index (Phi) is 5.54. The van der Waals surface area contributed by atoms with Gasteiger partial charge in [0.25, 0.3) is 5.56 Å². The summed E-state index contributed by atoms with van der Waals surface area (Å²) < 4.78 is 7.05. The summed E-state index contributed by atoms with van der Waals surface area (Å²) in [6.45, 7) is 6.21. The summed E-state index contributed by atoms with van der Waals surface area (Å²) in [5.41, 5.74) is 3.52. The molecular formula is C25H23N3O3. The van der Waals surface area contributed by atoms with Crippen LogP contribution in [0.3, 0.4) is 0 Å². The molecule has 0 bridgehead atoms. The van der Waals surface area contributed by atoms with Crippen molar-refractivity contribution < 1.29 is 9.84 Å². The number of pyridine rings is 1. The van der Waals surface area contributed by atoms with E-state index in [0.29, 0.717) is 34.8 Å². The van der Waals surface area contributed by atoms with Gasteiger partial charge in [-0.3, -0.25) is 14.3 Å². The molecule has 2 aromatic heterocycles. The number of rotatable bonds is 5. The summed E-state index contributed by atoms with van der Waals surface area (Å²) in [6, 6.07) is 14.8. The summed E-state index contributed by atoms with van der Waals surface area (Å²) in [5, 5.41) is 11.0. The van der Waals surface area contributed by atoms with Gasteiger partial charge >= 0.3 is 0 Å². The van der Waals surface area contributed by atoms with Gasteiger partial charge in [-0.2, -0.15) is 0 Å². The zero-order valence-electron chi connectivity index (χ0n) is 17.7. The summed E-state index contributed by atoms with van der Waals surface area (Å²) >= 11 is 0. The minimum absolute atomic E-state index is 0.0534. The van der Waals surface area contributed by atoms with E-state index in [9.17, 15) is 9.90 Å². The lowest BCUT2D eigenvalue weighted by molar-refractivity contribution is 0.317. The van der Waals surface area contributed by atoms with Crippen molar-refractivity contribution in [2.45, 2.75) is 20.8 Å². The number of aromatic hydroxyl groups is 1. The van der Waals surface area contributed by atoms with Gasteiger partial charge in [0.1, 0.15) is 11.5 Å². The smallest absolute Gasteiger partial charge is 0.266 e. The number of aryl methyl sites for hydroxylation is 2.